The van der Waals surface area contributed by atoms with Crippen molar-refractivity contribution in [2.75, 3.05) is 0 Å². The highest BCUT2D eigenvalue weighted by Crippen LogP contribution is 2.34. The monoisotopic (exact) mass is 405 g/mol. The molecular formula is C22H15BrOP+. The van der Waals surface area contributed by atoms with E-state index in [0.717, 1.165) is 37.0 Å². The number of hydrogen-bond donors (Lipinski definition) is 0. The molecule has 3 heteroatoms. The molecule has 0 aliphatic rings. The molecule has 0 bridgehead atoms. The third-order valence-corrected chi connectivity index (χ3v) is 6.36. The Balaban J connectivity index is 2.00. The molecule has 1 nitrogen and oxygen atoms in total. The predicted molar refractivity (Wildman–Crippen MR) is 110 cm³/mol. The Hall–Kier alpha value is -2.28. The summed E-state index contributed by atoms with van der Waals surface area (Å²) in [7, 11) is -1.66. The van der Waals surface area contributed by atoms with Gasteiger partial charge in [-0.3, -0.25) is 0 Å². The molecule has 0 saturated carbocycles. The van der Waals surface area contributed by atoms with Crippen molar-refractivity contribution in [3.8, 4) is 11.1 Å². The van der Waals surface area contributed by atoms with E-state index in [1.165, 1.54) is 0 Å². The van der Waals surface area contributed by atoms with Crippen molar-refractivity contribution in [3.05, 3.63) is 95.5 Å². The van der Waals surface area contributed by atoms with Crippen LogP contribution in [0.3, 0.4) is 0 Å². The van der Waals surface area contributed by atoms with Crippen molar-refractivity contribution in [1.29, 1.82) is 0 Å². The Bertz CT molecular complexity index is 1060. The summed E-state index contributed by atoms with van der Waals surface area (Å²) < 4.78 is 14.3. The van der Waals surface area contributed by atoms with E-state index in [1.807, 2.05) is 60.7 Å². The Labute approximate surface area is 156 Å². The standard InChI is InChI=1S/C22H15BrOP/c23-18-13-10-17(11-14-18)22-20-9-5-4-6-16(20)12-15-21(22)25(24)19-7-2-1-3-8-19/h1-15H/q+1. The SMILES string of the molecule is O=[P+](c1ccccc1)c1ccc2ccccc2c1-c1ccc(Br)cc1. The van der Waals surface area contributed by atoms with E-state index in [0.29, 0.717) is 0 Å². The Morgan fingerprint density at radius 3 is 2.12 bits per heavy atom. The minimum Gasteiger partial charge on any atom is -0.0619 e. The van der Waals surface area contributed by atoms with Crippen molar-refractivity contribution < 1.29 is 4.57 Å². The second-order valence-electron chi connectivity index (χ2n) is 5.82. The van der Waals surface area contributed by atoms with Crippen LogP contribution >= 0.6 is 23.7 Å². The van der Waals surface area contributed by atoms with E-state index >= 15 is 0 Å². The van der Waals surface area contributed by atoms with Gasteiger partial charge in [-0.05, 0) is 52.7 Å². The highest BCUT2D eigenvalue weighted by atomic mass is 79.9. The Morgan fingerprint density at radius 1 is 0.680 bits per heavy atom. The van der Waals surface area contributed by atoms with Gasteiger partial charge in [-0.25, -0.2) is 0 Å². The van der Waals surface area contributed by atoms with Gasteiger partial charge in [0.25, 0.3) is 0 Å². The van der Waals surface area contributed by atoms with Gasteiger partial charge in [0, 0.05) is 10.0 Å². The highest BCUT2D eigenvalue weighted by molar-refractivity contribution is 9.10. The lowest BCUT2D eigenvalue weighted by molar-refractivity contribution is 0.598. The van der Waals surface area contributed by atoms with E-state index in [4.69, 9.17) is 0 Å². The highest BCUT2D eigenvalue weighted by Gasteiger charge is 2.28. The summed E-state index contributed by atoms with van der Waals surface area (Å²) in [6.45, 7) is 0. The molecule has 0 N–H and O–H groups in total. The molecular weight excluding hydrogens is 391 g/mol. The van der Waals surface area contributed by atoms with E-state index in [2.05, 4.69) is 46.3 Å². The third kappa shape index (κ3) is 3.16. The molecule has 0 aliphatic carbocycles. The number of rotatable bonds is 3. The first-order valence-electron chi connectivity index (χ1n) is 8.04. The van der Waals surface area contributed by atoms with Crippen molar-refractivity contribution in [2.45, 2.75) is 0 Å². The van der Waals surface area contributed by atoms with Gasteiger partial charge >= 0.3 is 7.80 Å². The molecule has 4 rings (SSSR count). The largest absolute Gasteiger partial charge is 0.415 e. The zero-order valence-electron chi connectivity index (χ0n) is 13.4. The lowest BCUT2D eigenvalue weighted by Gasteiger charge is -2.08. The first-order valence-corrected chi connectivity index (χ1v) is 10.1. The van der Waals surface area contributed by atoms with Gasteiger partial charge < -0.3 is 0 Å². The van der Waals surface area contributed by atoms with Crippen molar-refractivity contribution in [3.63, 3.8) is 0 Å². The molecule has 1 atom stereocenters. The number of benzene rings is 4. The van der Waals surface area contributed by atoms with Crippen LogP contribution in [0.5, 0.6) is 0 Å². The molecule has 1 unspecified atom stereocenters. The van der Waals surface area contributed by atoms with Crippen molar-refractivity contribution in [2.24, 2.45) is 0 Å². The average Bonchev–Trinajstić information content (AvgIpc) is 2.68. The molecule has 0 aliphatic heterocycles. The van der Waals surface area contributed by atoms with Gasteiger partial charge in [-0.1, -0.05) is 75.1 Å². The van der Waals surface area contributed by atoms with Crippen LogP contribution in [0.25, 0.3) is 21.9 Å². The smallest absolute Gasteiger partial charge is 0.0619 e. The fourth-order valence-electron chi connectivity index (χ4n) is 3.05. The van der Waals surface area contributed by atoms with Crippen LogP contribution in [0.2, 0.25) is 0 Å². The summed E-state index contributed by atoms with van der Waals surface area (Å²) in [5.74, 6) is 0. The maximum Gasteiger partial charge on any atom is 0.415 e. The minimum absolute atomic E-state index is 0.853. The first kappa shape index (κ1) is 16.2. The molecule has 0 saturated heterocycles. The van der Waals surface area contributed by atoms with E-state index in [9.17, 15) is 4.57 Å². The minimum atomic E-state index is -1.66. The average molecular weight is 406 g/mol. The van der Waals surface area contributed by atoms with Gasteiger partial charge in [-0.15, -0.1) is 0 Å². The normalized spacial score (nSPS) is 11.5. The van der Waals surface area contributed by atoms with Crippen LogP contribution in [-0.2, 0) is 4.57 Å². The number of hydrogen-bond acceptors (Lipinski definition) is 1. The van der Waals surface area contributed by atoms with Crippen LogP contribution < -0.4 is 10.6 Å². The molecule has 0 fully saturated rings. The van der Waals surface area contributed by atoms with Gasteiger partial charge in [0.05, 0.1) is 0 Å². The van der Waals surface area contributed by atoms with Crippen LogP contribution in [0.1, 0.15) is 0 Å². The van der Waals surface area contributed by atoms with Crippen LogP contribution in [0.4, 0.5) is 0 Å². The molecule has 4 aromatic rings. The molecule has 0 heterocycles. The second-order valence-corrected chi connectivity index (χ2v) is 8.32. The fourth-order valence-corrected chi connectivity index (χ4v) is 4.70. The van der Waals surface area contributed by atoms with Crippen LogP contribution in [0, 0.1) is 0 Å². The van der Waals surface area contributed by atoms with Crippen LogP contribution in [0.15, 0.2) is 95.5 Å². The Morgan fingerprint density at radius 2 is 1.36 bits per heavy atom. The molecule has 0 aromatic heterocycles. The van der Waals surface area contributed by atoms with E-state index < -0.39 is 7.80 Å². The van der Waals surface area contributed by atoms with Gasteiger partial charge in [0.2, 0.25) is 5.30 Å². The molecule has 0 amide bonds. The van der Waals surface area contributed by atoms with Gasteiger partial charge in [0.15, 0.2) is 5.30 Å². The predicted octanol–water partition coefficient (Wildman–Crippen LogP) is 6.05. The second kappa shape index (κ2) is 6.92. The first-order chi connectivity index (χ1) is 12.2. The summed E-state index contributed by atoms with van der Waals surface area (Å²) in [4.78, 5) is 0. The van der Waals surface area contributed by atoms with E-state index in [1.54, 1.807) is 0 Å². The maximum atomic E-state index is 13.3. The molecule has 0 spiro atoms. The molecule has 0 radical (unpaired) electrons. The molecule has 4 aromatic carbocycles. The maximum absolute atomic E-state index is 13.3. The lowest BCUT2D eigenvalue weighted by Crippen LogP contribution is -2.09. The van der Waals surface area contributed by atoms with Crippen molar-refractivity contribution in [1.82, 2.24) is 0 Å². The summed E-state index contributed by atoms with van der Waals surface area (Å²) in [6, 6.07) is 30.2. The van der Waals surface area contributed by atoms with Crippen molar-refractivity contribution >= 4 is 45.1 Å². The summed E-state index contributed by atoms with van der Waals surface area (Å²) in [5, 5.41) is 4.01. The third-order valence-electron chi connectivity index (χ3n) is 4.25. The summed E-state index contributed by atoms with van der Waals surface area (Å²) in [5.41, 5.74) is 2.13. The number of halogens is 1. The fraction of sp³-hybridized carbons (Fsp3) is 0. The van der Waals surface area contributed by atoms with Crippen LogP contribution in [-0.4, -0.2) is 0 Å². The topological polar surface area (TPSA) is 17.1 Å². The van der Waals surface area contributed by atoms with Gasteiger partial charge in [0.1, 0.15) is 0 Å². The number of fused-ring (bicyclic) bond motifs is 1. The lowest BCUT2D eigenvalue weighted by atomic mass is 9.98. The zero-order chi connectivity index (χ0) is 17.2. The molecule has 120 valence electrons. The van der Waals surface area contributed by atoms with Gasteiger partial charge in [-0.2, -0.15) is 0 Å². The quantitative estimate of drug-likeness (QED) is 0.379. The summed E-state index contributed by atoms with van der Waals surface area (Å²) in [6.07, 6.45) is 0. The van der Waals surface area contributed by atoms with E-state index in [-0.39, 0.29) is 0 Å². The Kier molecular flexibility index (Phi) is 4.48. The summed E-state index contributed by atoms with van der Waals surface area (Å²) >= 11 is 3.49. The molecule has 25 heavy (non-hydrogen) atoms. The zero-order valence-corrected chi connectivity index (χ0v) is 15.9.